The van der Waals surface area contributed by atoms with Gasteiger partial charge in [-0.15, -0.1) is 5.10 Å². The Bertz CT molecular complexity index is 1110. The molecule has 134 valence electrons. The van der Waals surface area contributed by atoms with E-state index in [-0.39, 0.29) is 0 Å². The highest BCUT2D eigenvalue weighted by Crippen LogP contribution is 2.36. The van der Waals surface area contributed by atoms with Gasteiger partial charge in [0.25, 0.3) is 0 Å². The van der Waals surface area contributed by atoms with Crippen molar-refractivity contribution < 1.29 is 4.74 Å². The summed E-state index contributed by atoms with van der Waals surface area (Å²) >= 11 is 18.7. The van der Waals surface area contributed by atoms with Gasteiger partial charge in [0.1, 0.15) is 11.4 Å². The number of nitrogens with zero attached hydrogens (tertiary/aromatic N) is 3. The van der Waals surface area contributed by atoms with Crippen molar-refractivity contribution in [2.45, 2.75) is 0 Å². The molecule has 0 bridgehead atoms. The van der Waals surface area contributed by atoms with E-state index in [1.165, 1.54) is 0 Å². The second-order valence-electron chi connectivity index (χ2n) is 5.66. The third-order valence-electron chi connectivity index (χ3n) is 3.91. The quantitative estimate of drug-likeness (QED) is 0.372. The molecule has 0 saturated carbocycles. The first-order valence-corrected chi connectivity index (χ1v) is 9.15. The van der Waals surface area contributed by atoms with E-state index in [0.29, 0.717) is 32.3 Å². The summed E-state index contributed by atoms with van der Waals surface area (Å²) < 4.78 is 7.70. The van der Waals surface area contributed by atoms with E-state index in [1.807, 2.05) is 48.5 Å². The summed E-state index contributed by atoms with van der Waals surface area (Å²) in [7, 11) is 0. The standard InChI is InChI=1S/C20H12Cl3N3O/c21-13-9-10-16(23)20(11-13)27-19-8-4-3-7-17(19)26-18(12-24-25-26)14-5-1-2-6-15(14)22/h1-12H. The molecule has 4 rings (SSSR count). The summed E-state index contributed by atoms with van der Waals surface area (Å²) in [6.07, 6.45) is 1.66. The normalized spacial score (nSPS) is 10.8. The second-order valence-corrected chi connectivity index (χ2v) is 6.91. The fourth-order valence-corrected chi connectivity index (χ4v) is 3.21. The molecule has 0 N–H and O–H groups in total. The van der Waals surface area contributed by atoms with E-state index >= 15 is 0 Å². The Morgan fingerprint density at radius 2 is 1.56 bits per heavy atom. The highest BCUT2D eigenvalue weighted by Gasteiger charge is 2.16. The molecule has 7 heteroatoms. The fourth-order valence-electron chi connectivity index (χ4n) is 2.66. The molecular formula is C20H12Cl3N3O. The number of halogens is 3. The molecule has 0 aliphatic carbocycles. The SMILES string of the molecule is Clc1ccc(Cl)c(Oc2ccccc2-n2nncc2-c2ccccc2Cl)c1. The first-order valence-electron chi connectivity index (χ1n) is 8.01. The Labute approximate surface area is 170 Å². The van der Waals surface area contributed by atoms with Crippen molar-refractivity contribution >= 4 is 34.8 Å². The molecule has 1 heterocycles. The van der Waals surface area contributed by atoms with E-state index in [2.05, 4.69) is 10.3 Å². The van der Waals surface area contributed by atoms with E-state index in [1.54, 1.807) is 29.1 Å². The van der Waals surface area contributed by atoms with Crippen LogP contribution in [0, 0.1) is 0 Å². The lowest BCUT2D eigenvalue weighted by atomic mass is 10.1. The van der Waals surface area contributed by atoms with Gasteiger partial charge in [-0.1, -0.05) is 70.3 Å². The molecule has 0 radical (unpaired) electrons. The van der Waals surface area contributed by atoms with Gasteiger partial charge in [0.2, 0.25) is 0 Å². The Balaban J connectivity index is 1.80. The maximum atomic E-state index is 6.35. The summed E-state index contributed by atoms with van der Waals surface area (Å²) in [5, 5.41) is 9.86. The van der Waals surface area contributed by atoms with E-state index in [0.717, 1.165) is 11.3 Å². The third-order valence-corrected chi connectivity index (χ3v) is 4.78. The van der Waals surface area contributed by atoms with Gasteiger partial charge in [0.05, 0.1) is 21.9 Å². The minimum atomic E-state index is 0.455. The Kier molecular flexibility index (Phi) is 5.03. The smallest absolute Gasteiger partial charge is 0.153 e. The summed E-state index contributed by atoms with van der Waals surface area (Å²) in [6, 6.07) is 20.0. The van der Waals surface area contributed by atoms with Gasteiger partial charge in [-0.2, -0.15) is 0 Å². The summed E-state index contributed by atoms with van der Waals surface area (Å²) in [6.45, 7) is 0. The Morgan fingerprint density at radius 1 is 0.778 bits per heavy atom. The van der Waals surface area contributed by atoms with Crippen molar-refractivity contribution in [3.63, 3.8) is 0 Å². The fraction of sp³-hybridized carbons (Fsp3) is 0. The molecule has 0 amide bonds. The average molecular weight is 417 g/mol. The molecule has 1 aromatic heterocycles. The van der Waals surface area contributed by atoms with Gasteiger partial charge in [0.15, 0.2) is 5.75 Å². The van der Waals surface area contributed by atoms with Gasteiger partial charge in [0, 0.05) is 16.7 Å². The monoisotopic (exact) mass is 415 g/mol. The lowest BCUT2D eigenvalue weighted by molar-refractivity contribution is 0.478. The van der Waals surface area contributed by atoms with E-state index in [9.17, 15) is 0 Å². The topological polar surface area (TPSA) is 39.9 Å². The third kappa shape index (κ3) is 3.65. The number of para-hydroxylation sites is 2. The van der Waals surface area contributed by atoms with Crippen LogP contribution in [0.5, 0.6) is 11.5 Å². The van der Waals surface area contributed by atoms with Crippen molar-refractivity contribution in [2.24, 2.45) is 0 Å². The second kappa shape index (κ2) is 7.61. The molecule has 0 saturated heterocycles. The number of benzene rings is 3. The van der Waals surface area contributed by atoms with E-state index in [4.69, 9.17) is 39.5 Å². The summed E-state index contributed by atoms with van der Waals surface area (Å²) in [4.78, 5) is 0. The van der Waals surface area contributed by atoms with Crippen LogP contribution in [0.25, 0.3) is 16.9 Å². The van der Waals surface area contributed by atoms with Crippen LogP contribution in [0.1, 0.15) is 0 Å². The van der Waals surface area contributed by atoms with Crippen LogP contribution in [-0.4, -0.2) is 15.0 Å². The van der Waals surface area contributed by atoms with Crippen molar-refractivity contribution in [3.05, 3.63) is 88.0 Å². The number of ether oxygens (including phenoxy) is 1. The molecule has 0 atom stereocenters. The molecule has 4 nitrogen and oxygen atoms in total. The molecule has 27 heavy (non-hydrogen) atoms. The highest BCUT2D eigenvalue weighted by molar-refractivity contribution is 6.34. The van der Waals surface area contributed by atoms with Crippen molar-refractivity contribution in [1.82, 2.24) is 15.0 Å². The molecule has 0 aliphatic rings. The number of rotatable bonds is 4. The number of hydrogen-bond acceptors (Lipinski definition) is 3. The molecule has 0 fully saturated rings. The van der Waals surface area contributed by atoms with Crippen molar-refractivity contribution in [2.75, 3.05) is 0 Å². The van der Waals surface area contributed by atoms with E-state index < -0.39 is 0 Å². The van der Waals surface area contributed by atoms with Crippen LogP contribution in [0.4, 0.5) is 0 Å². The van der Waals surface area contributed by atoms with Gasteiger partial charge in [-0.3, -0.25) is 0 Å². The highest BCUT2D eigenvalue weighted by atomic mass is 35.5. The lowest BCUT2D eigenvalue weighted by Gasteiger charge is -2.14. The van der Waals surface area contributed by atoms with Crippen LogP contribution in [0.3, 0.4) is 0 Å². The van der Waals surface area contributed by atoms with Crippen molar-refractivity contribution in [3.8, 4) is 28.4 Å². The van der Waals surface area contributed by atoms with Crippen LogP contribution < -0.4 is 4.74 Å². The summed E-state index contributed by atoms with van der Waals surface area (Å²) in [5.74, 6) is 1.01. The average Bonchev–Trinajstić information content (AvgIpc) is 3.15. The van der Waals surface area contributed by atoms with Crippen LogP contribution in [0.15, 0.2) is 72.9 Å². The molecule has 0 spiro atoms. The van der Waals surface area contributed by atoms with Gasteiger partial charge >= 0.3 is 0 Å². The van der Waals surface area contributed by atoms with Crippen LogP contribution >= 0.6 is 34.8 Å². The van der Waals surface area contributed by atoms with Crippen LogP contribution in [0.2, 0.25) is 15.1 Å². The zero-order valence-electron chi connectivity index (χ0n) is 13.8. The lowest BCUT2D eigenvalue weighted by Crippen LogP contribution is -2.02. The zero-order valence-corrected chi connectivity index (χ0v) is 16.1. The van der Waals surface area contributed by atoms with Gasteiger partial charge < -0.3 is 4.74 Å². The first-order chi connectivity index (χ1) is 13.1. The predicted octanol–water partition coefficient (Wildman–Crippen LogP) is 6.69. The minimum Gasteiger partial charge on any atom is -0.453 e. The van der Waals surface area contributed by atoms with Crippen molar-refractivity contribution in [1.29, 1.82) is 0 Å². The summed E-state index contributed by atoms with van der Waals surface area (Å²) in [5.41, 5.74) is 2.26. The largest absolute Gasteiger partial charge is 0.453 e. The van der Waals surface area contributed by atoms with Gasteiger partial charge in [-0.25, -0.2) is 4.68 Å². The number of hydrogen-bond donors (Lipinski definition) is 0. The Morgan fingerprint density at radius 3 is 2.41 bits per heavy atom. The molecular weight excluding hydrogens is 405 g/mol. The maximum Gasteiger partial charge on any atom is 0.153 e. The predicted molar refractivity (Wildman–Crippen MR) is 108 cm³/mol. The van der Waals surface area contributed by atoms with Gasteiger partial charge in [-0.05, 0) is 30.3 Å². The first kappa shape index (κ1) is 17.9. The van der Waals surface area contributed by atoms with Crippen LogP contribution in [-0.2, 0) is 0 Å². The minimum absolute atomic E-state index is 0.455. The molecule has 3 aromatic carbocycles. The molecule has 0 aliphatic heterocycles. The Hall–Kier alpha value is -2.53. The zero-order chi connectivity index (χ0) is 18.8. The molecule has 0 unspecified atom stereocenters. The molecule has 4 aromatic rings. The maximum absolute atomic E-state index is 6.35. The number of aromatic nitrogens is 3.